The molecule has 1 amide bonds. The fourth-order valence-corrected chi connectivity index (χ4v) is 2.89. The summed E-state index contributed by atoms with van der Waals surface area (Å²) in [5, 5.41) is 2.67. The van der Waals surface area contributed by atoms with E-state index in [0.717, 1.165) is 11.1 Å². The van der Waals surface area contributed by atoms with E-state index in [-0.39, 0.29) is 0 Å². The molecular weight excluding hydrogens is 370 g/mol. The van der Waals surface area contributed by atoms with Crippen molar-refractivity contribution in [3.63, 3.8) is 0 Å². The minimum Gasteiger partial charge on any atom is -0.481 e. The van der Waals surface area contributed by atoms with E-state index in [1.807, 2.05) is 54.6 Å². The highest BCUT2D eigenvalue weighted by atomic mass is 16.5. The fourth-order valence-electron chi connectivity index (χ4n) is 2.89. The average Bonchev–Trinajstić information content (AvgIpc) is 3.18. The van der Waals surface area contributed by atoms with Crippen LogP contribution in [0.15, 0.2) is 67.1 Å². The summed E-state index contributed by atoms with van der Waals surface area (Å²) in [6, 6.07) is 16.5. The molecule has 0 aliphatic rings. The van der Waals surface area contributed by atoms with Gasteiger partial charge in [-0.25, -0.2) is 9.78 Å². The van der Waals surface area contributed by atoms with Gasteiger partial charge in [0.2, 0.25) is 0 Å². The maximum absolute atomic E-state index is 12.6. The van der Waals surface area contributed by atoms with Crippen LogP contribution in [0.3, 0.4) is 0 Å². The molecule has 150 valence electrons. The summed E-state index contributed by atoms with van der Waals surface area (Å²) in [6.45, 7) is 1.62. The number of amides is 1. The quantitative estimate of drug-likeness (QED) is 0.624. The molecule has 3 rings (SSSR count). The Balaban J connectivity index is 1.66. The zero-order chi connectivity index (χ0) is 20.8. The van der Waals surface area contributed by atoms with Crippen molar-refractivity contribution in [2.24, 2.45) is 7.05 Å². The van der Waals surface area contributed by atoms with Crippen LogP contribution in [0, 0.1) is 0 Å². The van der Waals surface area contributed by atoms with Crippen molar-refractivity contribution in [3.05, 3.63) is 72.8 Å². The molecule has 7 heteroatoms. The minimum atomic E-state index is -0.966. The first-order valence-electron chi connectivity index (χ1n) is 9.16. The first-order valence-corrected chi connectivity index (χ1v) is 9.16. The van der Waals surface area contributed by atoms with Crippen molar-refractivity contribution in [2.75, 3.05) is 7.11 Å². The Hall–Kier alpha value is -3.61. The zero-order valence-electron chi connectivity index (χ0n) is 16.5. The number of methoxy groups -OCH3 is 1. The van der Waals surface area contributed by atoms with E-state index in [0.29, 0.717) is 11.4 Å². The van der Waals surface area contributed by atoms with Gasteiger partial charge in [-0.05, 0) is 30.2 Å². The smallest absolute Gasteiger partial charge is 0.334 e. The number of esters is 1. The van der Waals surface area contributed by atoms with Crippen LogP contribution in [0.25, 0.3) is 11.1 Å². The summed E-state index contributed by atoms with van der Waals surface area (Å²) < 4.78 is 12.2. The van der Waals surface area contributed by atoms with Crippen LogP contribution < -0.4 is 10.1 Å². The number of rotatable bonds is 7. The lowest BCUT2D eigenvalue weighted by molar-refractivity contribution is -0.146. The van der Waals surface area contributed by atoms with Gasteiger partial charge >= 0.3 is 5.97 Å². The highest BCUT2D eigenvalue weighted by molar-refractivity contribution is 5.87. The monoisotopic (exact) mass is 393 g/mol. The van der Waals surface area contributed by atoms with Gasteiger partial charge in [-0.3, -0.25) is 4.79 Å². The molecule has 2 aromatic carbocycles. The lowest BCUT2D eigenvalue weighted by Gasteiger charge is -2.20. The van der Waals surface area contributed by atoms with Gasteiger partial charge in [0.25, 0.3) is 5.91 Å². The Morgan fingerprint density at radius 3 is 2.28 bits per heavy atom. The summed E-state index contributed by atoms with van der Waals surface area (Å²) in [5.74, 6) is -0.461. The lowest BCUT2D eigenvalue weighted by Crippen LogP contribution is -2.42. The van der Waals surface area contributed by atoms with Crippen molar-refractivity contribution in [1.82, 2.24) is 14.9 Å². The number of imidazole rings is 1. The third kappa shape index (κ3) is 4.82. The number of aryl methyl sites for hydroxylation is 1. The summed E-state index contributed by atoms with van der Waals surface area (Å²) in [4.78, 5) is 28.7. The number of carbonyl (C=O) groups excluding carboxylic acids is 2. The third-order valence-electron chi connectivity index (χ3n) is 4.52. The summed E-state index contributed by atoms with van der Waals surface area (Å²) in [7, 11) is 3.00. The highest BCUT2D eigenvalue weighted by Crippen LogP contribution is 2.23. The number of aromatic nitrogens is 2. The molecule has 0 saturated carbocycles. The largest absolute Gasteiger partial charge is 0.481 e. The number of ether oxygens (including phenoxy) is 2. The average molecular weight is 393 g/mol. The van der Waals surface area contributed by atoms with Gasteiger partial charge in [-0.15, -0.1) is 0 Å². The second kappa shape index (κ2) is 9.05. The van der Waals surface area contributed by atoms with Crippen LogP contribution in [0.5, 0.6) is 5.75 Å². The molecule has 2 unspecified atom stereocenters. The van der Waals surface area contributed by atoms with Gasteiger partial charge in [0, 0.05) is 7.05 Å². The van der Waals surface area contributed by atoms with E-state index < -0.39 is 24.0 Å². The number of nitrogens with zero attached hydrogens (tertiary/aromatic N) is 2. The zero-order valence-corrected chi connectivity index (χ0v) is 16.5. The Kier molecular flexibility index (Phi) is 6.29. The van der Waals surface area contributed by atoms with Gasteiger partial charge in [-0.2, -0.15) is 0 Å². The fraction of sp³-hybridized carbons (Fsp3) is 0.227. The second-order valence-corrected chi connectivity index (χ2v) is 6.54. The third-order valence-corrected chi connectivity index (χ3v) is 4.52. The molecule has 0 aliphatic carbocycles. The van der Waals surface area contributed by atoms with Crippen molar-refractivity contribution in [1.29, 1.82) is 0 Å². The van der Waals surface area contributed by atoms with E-state index >= 15 is 0 Å². The van der Waals surface area contributed by atoms with Crippen LogP contribution in [-0.4, -0.2) is 34.6 Å². The van der Waals surface area contributed by atoms with Crippen LogP contribution in [0.2, 0.25) is 0 Å². The van der Waals surface area contributed by atoms with Crippen molar-refractivity contribution in [3.8, 4) is 16.9 Å². The molecule has 0 bridgehead atoms. The second-order valence-electron chi connectivity index (χ2n) is 6.54. The molecule has 7 nitrogen and oxygen atoms in total. The molecule has 0 saturated heterocycles. The predicted octanol–water partition coefficient (Wildman–Crippen LogP) is 2.88. The number of nitrogens with one attached hydrogen (secondary N) is 1. The maximum Gasteiger partial charge on any atom is 0.334 e. The maximum atomic E-state index is 12.6. The summed E-state index contributed by atoms with van der Waals surface area (Å²) >= 11 is 0. The van der Waals surface area contributed by atoms with Gasteiger partial charge in [0.1, 0.15) is 5.75 Å². The Morgan fingerprint density at radius 2 is 1.69 bits per heavy atom. The van der Waals surface area contributed by atoms with Gasteiger partial charge in [0.15, 0.2) is 12.1 Å². The van der Waals surface area contributed by atoms with Gasteiger partial charge in [0.05, 0.1) is 25.3 Å². The molecule has 2 atom stereocenters. The van der Waals surface area contributed by atoms with E-state index in [1.54, 1.807) is 24.9 Å². The Morgan fingerprint density at radius 1 is 1.03 bits per heavy atom. The van der Waals surface area contributed by atoms with E-state index in [1.165, 1.54) is 13.3 Å². The highest BCUT2D eigenvalue weighted by Gasteiger charge is 2.28. The molecule has 1 N–H and O–H groups in total. The van der Waals surface area contributed by atoms with Crippen molar-refractivity contribution >= 4 is 11.9 Å². The van der Waals surface area contributed by atoms with Crippen molar-refractivity contribution in [2.45, 2.75) is 19.1 Å². The Bertz CT molecular complexity index is 967. The molecule has 1 heterocycles. The van der Waals surface area contributed by atoms with E-state index in [2.05, 4.69) is 10.3 Å². The molecule has 0 radical (unpaired) electrons. The topological polar surface area (TPSA) is 82.4 Å². The van der Waals surface area contributed by atoms with Gasteiger partial charge < -0.3 is 19.4 Å². The van der Waals surface area contributed by atoms with Gasteiger partial charge in [-0.1, -0.05) is 42.5 Å². The molecule has 29 heavy (non-hydrogen) atoms. The number of carbonyl (C=O) groups is 2. The number of hydrogen-bond donors (Lipinski definition) is 1. The van der Waals surface area contributed by atoms with Crippen LogP contribution in [-0.2, 0) is 21.4 Å². The molecule has 0 aliphatic heterocycles. The standard InChI is InChI=1S/C22H23N3O4/c1-15(21(26)24-20(22(27)28-3)19-13-23-14-25(19)2)29-18-11-9-17(10-12-18)16-7-5-4-6-8-16/h4-15,20H,1-3H3,(H,24,26). The normalized spacial score (nSPS) is 12.7. The first kappa shape index (κ1) is 20.1. The van der Waals surface area contributed by atoms with Crippen LogP contribution >= 0.6 is 0 Å². The molecule has 1 aromatic heterocycles. The lowest BCUT2D eigenvalue weighted by atomic mass is 10.1. The molecule has 0 spiro atoms. The van der Waals surface area contributed by atoms with Crippen LogP contribution in [0.4, 0.5) is 0 Å². The Labute approximate surface area is 169 Å². The molecular formula is C22H23N3O4. The van der Waals surface area contributed by atoms with Crippen molar-refractivity contribution < 1.29 is 19.1 Å². The minimum absolute atomic E-state index is 0.436. The molecule has 3 aromatic rings. The summed E-state index contributed by atoms with van der Waals surface area (Å²) in [5.41, 5.74) is 2.67. The number of benzene rings is 2. The SMILES string of the molecule is COC(=O)C(NC(=O)C(C)Oc1ccc(-c2ccccc2)cc1)c1cncn1C. The van der Waals surface area contributed by atoms with Crippen LogP contribution in [0.1, 0.15) is 18.7 Å². The molecule has 0 fully saturated rings. The van der Waals surface area contributed by atoms with E-state index in [9.17, 15) is 9.59 Å². The predicted molar refractivity (Wildman–Crippen MR) is 108 cm³/mol. The summed E-state index contributed by atoms with van der Waals surface area (Å²) in [6.07, 6.45) is 2.25. The first-order chi connectivity index (χ1) is 14.0. The van der Waals surface area contributed by atoms with E-state index in [4.69, 9.17) is 9.47 Å². The number of hydrogen-bond acceptors (Lipinski definition) is 5.